The van der Waals surface area contributed by atoms with Crippen LogP contribution >= 0.6 is 0 Å². The van der Waals surface area contributed by atoms with E-state index >= 15 is 0 Å². The number of benzene rings is 1. The molecule has 3 aliphatic rings. The Bertz CT molecular complexity index is 767. The van der Waals surface area contributed by atoms with Gasteiger partial charge in [0, 0.05) is 31.9 Å². The molecule has 0 saturated carbocycles. The second-order valence-electron chi connectivity index (χ2n) is 7.66. The van der Waals surface area contributed by atoms with Crippen LogP contribution in [0.15, 0.2) is 30.3 Å². The van der Waals surface area contributed by atoms with E-state index in [4.69, 9.17) is 19.7 Å². The Kier molecular flexibility index (Phi) is 4.53. The predicted octanol–water partition coefficient (Wildman–Crippen LogP) is 2.97. The zero-order valence-electron chi connectivity index (χ0n) is 15.5. The minimum Gasteiger partial charge on any atom is -0.371 e. The van der Waals surface area contributed by atoms with Crippen molar-refractivity contribution in [3.05, 3.63) is 30.3 Å². The molecule has 1 N–H and O–H groups in total. The number of fused-ring (bicyclic) bond motifs is 2. The molecule has 1 aromatic heterocycles. The Morgan fingerprint density at radius 2 is 1.48 bits per heavy atom. The van der Waals surface area contributed by atoms with Gasteiger partial charge >= 0.3 is 0 Å². The van der Waals surface area contributed by atoms with Gasteiger partial charge in [-0.15, -0.1) is 0 Å². The summed E-state index contributed by atoms with van der Waals surface area (Å²) in [6.07, 6.45) is 6.58. The van der Waals surface area contributed by atoms with E-state index in [2.05, 4.69) is 15.1 Å². The van der Waals surface area contributed by atoms with Gasteiger partial charge in [-0.05, 0) is 44.2 Å². The van der Waals surface area contributed by atoms with E-state index in [9.17, 15) is 0 Å². The van der Waals surface area contributed by atoms with Crippen LogP contribution in [0, 0.1) is 0 Å². The molecule has 3 saturated heterocycles. The number of anilines is 4. The predicted molar refractivity (Wildman–Crippen MR) is 106 cm³/mol. The first kappa shape index (κ1) is 16.7. The third-order valence-electron chi connectivity index (χ3n) is 5.61. The topological polar surface area (TPSA) is 66.4 Å². The van der Waals surface area contributed by atoms with Crippen LogP contribution in [0.25, 0.3) is 0 Å². The van der Waals surface area contributed by atoms with Crippen molar-refractivity contribution in [3.63, 3.8) is 0 Å². The molecular weight excluding hydrogens is 340 g/mol. The highest BCUT2D eigenvalue weighted by atomic mass is 16.5. The largest absolute Gasteiger partial charge is 0.371 e. The third kappa shape index (κ3) is 3.69. The number of morpholine rings is 1. The monoisotopic (exact) mass is 366 g/mol. The van der Waals surface area contributed by atoms with E-state index in [0.717, 1.165) is 56.6 Å². The molecule has 2 atom stereocenters. The van der Waals surface area contributed by atoms with Gasteiger partial charge in [-0.3, -0.25) is 0 Å². The van der Waals surface area contributed by atoms with Crippen LogP contribution < -0.4 is 15.1 Å². The zero-order valence-corrected chi connectivity index (χ0v) is 15.5. The maximum Gasteiger partial charge on any atom is 0.233 e. The Morgan fingerprint density at radius 1 is 0.815 bits per heavy atom. The number of nitrogens with one attached hydrogen (secondary N) is 1. The van der Waals surface area contributed by atoms with Crippen LogP contribution in [-0.4, -0.2) is 53.3 Å². The fourth-order valence-corrected chi connectivity index (χ4v) is 4.22. The van der Waals surface area contributed by atoms with Crippen LogP contribution in [0.2, 0.25) is 0 Å². The lowest BCUT2D eigenvalue weighted by molar-refractivity contribution is 0.0299. The third-order valence-corrected chi connectivity index (χ3v) is 5.61. The lowest BCUT2D eigenvalue weighted by Gasteiger charge is -2.33. The summed E-state index contributed by atoms with van der Waals surface area (Å²) in [5.41, 5.74) is 0.987. The number of aromatic nitrogens is 3. The summed E-state index contributed by atoms with van der Waals surface area (Å²) in [4.78, 5) is 18.9. The molecule has 7 heteroatoms. The molecule has 3 fully saturated rings. The molecule has 5 rings (SSSR count). The Hall–Kier alpha value is -2.41. The summed E-state index contributed by atoms with van der Waals surface area (Å²) in [6, 6.07) is 10.1. The molecule has 2 bridgehead atoms. The number of ether oxygens (including phenoxy) is 1. The Morgan fingerprint density at radius 3 is 2.19 bits per heavy atom. The van der Waals surface area contributed by atoms with Crippen molar-refractivity contribution in [1.29, 1.82) is 0 Å². The first-order chi connectivity index (χ1) is 13.3. The quantitative estimate of drug-likeness (QED) is 0.892. The first-order valence-corrected chi connectivity index (χ1v) is 10.1. The summed E-state index contributed by atoms with van der Waals surface area (Å²) in [6.45, 7) is 3.76. The van der Waals surface area contributed by atoms with E-state index in [1.165, 1.54) is 19.3 Å². The molecule has 0 aliphatic carbocycles. The van der Waals surface area contributed by atoms with Gasteiger partial charge in [0.1, 0.15) is 0 Å². The maximum absolute atomic E-state index is 5.98. The smallest absolute Gasteiger partial charge is 0.233 e. The lowest BCUT2D eigenvalue weighted by Crippen LogP contribution is -2.44. The SMILES string of the molecule is c1ccc(Nc2nc(N3CCCCC3)nc(N3CC4CCC(C3)O4)n2)cc1. The average molecular weight is 366 g/mol. The molecular formula is C20H26N6O. The molecule has 27 heavy (non-hydrogen) atoms. The molecule has 0 amide bonds. The highest BCUT2D eigenvalue weighted by molar-refractivity contribution is 5.56. The number of hydrogen-bond donors (Lipinski definition) is 1. The normalized spacial score (nSPS) is 24.9. The van der Waals surface area contributed by atoms with Gasteiger partial charge in [0.25, 0.3) is 0 Å². The second kappa shape index (κ2) is 7.31. The van der Waals surface area contributed by atoms with E-state index in [1.54, 1.807) is 0 Å². The zero-order chi connectivity index (χ0) is 18.1. The van der Waals surface area contributed by atoms with Crippen molar-refractivity contribution in [2.45, 2.75) is 44.3 Å². The molecule has 0 radical (unpaired) electrons. The van der Waals surface area contributed by atoms with Gasteiger partial charge < -0.3 is 19.9 Å². The Balaban J connectivity index is 1.46. The summed E-state index contributed by atoms with van der Waals surface area (Å²) in [5.74, 6) is 2.17. The van der Waals surface area contributed by atoms with Gasteiger partial charge in [-0.25, -0.2) is 0 Å². The molecule has 4 heterocycles. The van der Waals surface area contributed by atoms with Crippen molar-refractivity contribution in [1.82, 2.24) is 15.0 Å². The minimum atomic E-state index is 0.310. The van der Waals surface area contributed by atoms with Crippen molar-refractivity contribution >= 4 is 23.5 Å². The number of rotatable bonds is 4. The number of nitrogens with zero attached hydrogens (tertiary/aromatic N) is 5. The van der Waals surface area contributed by atoms with E-state index in [0.29, 0.717) is 18.2 Å². The van der Waals surface area contributed by atoms with Crippen molar-refractivity contribution in [2.24, 2.45) is 0 Å². The molecule has 2 unspecified atom stereocenters. The maximum atomic E-state index is 5.98. The van der Waals surface area contributed by atoms with E-state index < -0.39 is 0 Å². The molecule has 0 spiro atoms. The molecule has 1 aromatic carbocycles. The molecule has 7 nitrogen and oxygen atoms in total. The second-order valence-corrected chi connectivity index (χ2v) is 7.66. The fraction of sp³-hybridized carbons (Fsp3) is 0.550. The van der Waals surface area contributed by atoms with Gasteiger partial charge in [0.2, 0.25) is 17.8 Å². The summed E-state index contributed by atoms with van der Waals surface area (Å²) in [5, 5.41) is 3.35. The van der Waals surface area contributed by atoms with Crippen LogP contribution in [0.3, 0.4) is 0 Å². The summed E-state index contributed by atoms with van der Waals surface area (Å²) >= 11 is 0. The number of hydrogen-bond acceptors (Lipinski definition) is 7. The van der Waals surface area contributed by atoms with Gasteiger partial charge in [0.15, 0.2) is 0 Å². The standard InChI is InChI=1S/C20H26N6O/c1-3-7-15(8-4-1)21-18-22-19(25-11-5-2-6-12-25)24-20(23-18)26-13-16-9-10-17(14-26)27-16/h1,3-4,7-8,16-17H,2,5-6,9-14H2,(H,21,22,23,24). The van der Waals surface area contributed by atoms with Crippen LogP contribution in [0.5, 0.6) is 0 Å². The molecule has 2 aromatic rings. The lowest BCUT2D eigenvalue weighted by atomic mass is 10.1. The van der Waals surface area contributed by atoms with E-state index in [1.807, 2.05) is 30.3 Å². The summed E-state index contributed by atoms with van der Waals surface area (Å²) < 4.78 is 5.98. The van der Waals surface area contributed by atoms with Crippen LogP contribution in [0.4, 0.5) is 23.5 Å². The first-order valence-electron chi connectivity index (χ1n) is 10.1. The van der Waals surface area contributed by atoms with Crippen LogP contribution in [-0.2, 0) is 4.74 Å². The van der Waals surface area contributed by atoms with Crippen molar-refractivity contribution < 1.29 is 4.74 Å². The molecule has 3 aliphatic heterocycles. The highest BCUT2D eigenvalue weighted by Crippen LogP contribution is 2.30. The fourth-order valence-electron chi connectivity index (χ4n) is 4.22. The number of piperidine rings is 1. The van der Waals surface area contributed by atoms with E-state index in [-0.39, 0.29) is 0 Å². The Labute approximate surface area is 159 Å². The van der Waals surface area contributed by atoms with Crippen molar-refractivity contribution in [3.8, 4) is 0 Å². The van der Waals surface area contributed by atoms with Crippen LogP contribution in [0.1, 0.15) is 32.1 Å². The van der Waals surface area contributed by atoms with Gasteiger partial charge in [0.05, 0.1) is 12.2 Å². The average Bonchev–Trinajstić information content (AvgIpc) is 3.07. The van der Waals surface area contributed by atoms with Gasteiger partial charge in [-0.1, -0.05) is 18.2 Å². The number of para-hydroxylation sites is 1. The summed E-state index contributed by atoms with van der Waals surface area (Å²) in [7, 11) is 0. The minimum absolute atomic E-state index is 0.310. The van der Waals surface area contributed by atoms with Crippen molar-refractivity contribution in [2.75, 3.05) is 41.3 Å². The highest BCUT2D eigenvalue weighted by Gasteiger charge is 2.35. The van der Waals surface area contributed by atoms with Gasteiger partial charge in [-0.2, -0.15) is 15.0 Å². The molecule has 142 valence electrons.